The summed E-state index contributed by atoms with van der Waals surface area (Å²) in [6.07, 6.45) is 2.54. The van der Waals surface area contributed by atoms with E-state index < -0.39 is 10.0 Å². The molecule has 1 aromatic carbocycles. The van der Waals surface area contributed by atoms with E-state index in [0.717, 1.165) is 0 Å². The molecule has 0 aliphatic carbocycles. The van der Waals surface area contributed by atoms with Gasteiger partial charge in [0.1, 0.15) is 0 Å². The van der Waals surface area contributed by atoms with Crippen molar-refractivity contribution >= 4 is 26.9 Å². The molecule has 22 heavy (non-hydrogen) atoms. The van der Waals surface area contributed by atoms with Gasteiger partial charge in [0, 0.05) is 19.1 Å². The molecule has 0 radical (unpaired) electrons. The smallest absolute Gasteiger partial charge is 0.260 e. The molecule has 3 rings (SSSR count). The highest BCUT2D eigenvalue weighted by atomic mass is 32.2. The number of fused-ring (bicyclic) bond motifs is 1. The van der Waals surface area contributed by atoms with Crippen molar-refractivity contribution in [2.45, 2.75) is 18.9 Å². The van der Waals surface area contributed by atoms with E-state index in [9.17, 15) is 13.2 Å². The van der Waals surface area contributed by atoms with E-state index in [1.807, 2.05) is 17.0 Å². The summed E-state index contributed by atoms with van der Waals surface area (Å²) < 4.78 is 25.1. The summed E-state index contributed by atoms with van der Waals surface area (Å²) in [4.78, 5) is 21.4. The first-order valence-corrected chi connectivity index (χ1v) is 9.03. The van der Waals surface area contributed by atoms with Crippen LogP contribution in [0.4, 0.5) is 5.95 Å². The average molecular weight is 322 g/mol. The van der Waals surface area contributed by atoms with Crippen molar-refractivity contribution in [2.24, 2.45) is 0 Å². The summed E-state index contributed by atoms with van der Waals surface area (Å²) in [6.45, 7) is 1.29. The predicted octanol–water partition coefficient (Wildman–Crippen LogP) is 0.441. The molecule has 1 aromatic heterocycles. The Morgan fingerprint density at radius 1 is 1.27 bits per heavy atom. The largest absolute Gasteiger partial charge is 0.342 e. The molecule has 7 nitrogen and oxygen atoms in total. The summed E-state index contributed by atoms with van der Waals surface area (Å²) in [6, 6.07) is 7.15. The minimum atomic E-state index is -3.18. The molecular weight excluding hydrogens is 304 g/mol. The zero-order valence-electron chi connectivity index (χ0n) is 12.2. The summed E-state index contributed by atoms with van der Waals surface area (Å²) in [5.74, 6) is 0.543. The van der Waals surface area contributed by atoms with Crippen molar-refractivity contribution in [3.63, 3.8) is 0 Å². The number of hydrogen-bond acceptors (Lipinski definition) is 5. The second kappa shape index (κ2) is 5.69. The first kappa shape index (κ1) is 15.0. The molecule has 2 aromatic rings. The Morgan fingerprint density at radius 3 is 2.64 bits per heavy atom. The Bertz CT molecular complexity index is 839. The summed E-state index contributed by atoms with van der Waals surface area (Å²) in [5, 5.41) is 0.569. The van der Waals surface area contributed by atoms with Crippen LogP contribution in [-0.2, 0) is 10.0 Å². The molecule has 2 N–H and O–H groups in total. The van der Waals surface area contributed by atoms with E-state index in [1.54, 1.807) is 12.1 Å². The third kappa shape index (κ3) is 3.28. The van der Waals surface area contributed by atoms with Crippen molar-refractivity contribution in [3.8, 4) is 0 Å². The van der Waals surface area contributed by atoms with E-state index in [-0.39, 0.29) is 11.6 Å². The number of nitrogens with zero attached hydrogens (tertiary/aromatic N) is 2. The van der Waals surface area contributed by atoms with Crippen molar-refractivity contribution < 1.29 is 8.42 Å². The van der Waals surface area contributed by atoms with Crippen LogP contribution >= 0.6 is 0 Å². The number of piperidine rings is 1. The lowest BCUT2D eigenvalue weighted by Crippen LogP contribution is -2.45. The monoisotopic (exact) mass is 322 g/mol. The van der Waals surface area contributed by atoms with Crippen molar-refractivity contribution in [2.75, 3.05) is 24.2 Å². The summed E-state index contributed by atoms with van der Waals surface area (Å²) in [7, 11) is -3.18. The van der Waals surface area contributed by atoms with Crippen molar-refractivity contribution in [1.82, 2.24) is 14.7 Å². The molecular formula is C14H18N4O3S. The van der Waals surface area contributed by atoms with E-state index >= 15 is 0 Å². The molecule has 2 heterocycles. The highest BCUT2D eigenvalue weighted by molar-refractivity contribution is 7.88. The Morgan fingerprint density at radius 2 is 1.95 bits per heavy atom. The van der Waals surface area contributed by atoms with Crippen molar-refractivity contribution in [1.29, 1.82) is 0 Å². The fourth-order valence-corrected chi connectivity index (χ4v) is 3.58. The van der Waals surface area contributed by atoms with Gasteiger partial charge in [0.25, 0.3) is 5.56 Å². The van der Waals surface area contributed by atoms with E-state index in [2.05, 4.69) is 14.7 Å². The number of nitrogens with one attached hydrogen (secondary N) is 2. The number of rotatable bonds is 3. The SMILES string of the molecule is CS(=O)(=O)NC1CCN(c2nc3ccccc3c(=O)[nH]2)CC1. The van der Waals surface area contributed by atoms with Gasteiger partial charge in [-0.25, -0.2) is 18.1 Å². The molecule has 8 heteroatoms. The number of para-hydroxylation sites is 1. The van der Waals surface area contributed by atoms with Gasteiger partial charge in [-0.1, -0.05) is 12.1 Å². The number of aromatic amines is 1. The zero-order valence-corrected chi connectivity index (χ0v) is 13.1. The standard InChI is InChI=1S/C14H18N4O3S/c1-22(20,21)17-10-6-8-18(9-7-10)14-15-12-5-3-2-4-11(12)13(19)16-14/h2-5,10,17H,6-9H2,1H3,(H,15,16,19). The van der Waals surface area contributed by atoms with Crippen LogP contribution in [0.25, 0.3) is 10.9 Å². The highest BCUT2D eigenvalue weighted by Crippen LogP contribution is 2.17. The van der Waals surface area contributed by atoms with E-state index in [0.29, 0.717) is 42.8 Å². The zero-order chi connectivity index (χ0) is 15.7. The lowest BCUT2D eigenvalue weighted by atomic mass is 10.1. The normalized spacial score (nSPS) is 17.0. The molecule has 1 fully saturated rings. The molecule has 1 aliphatic rings. The minimum absolute atomic E-state index is 0.0570. The van der Waals surface area contributed by atoms with Crippen molar-refractivity contribution in [3.05, 3.63) is 34.6 Å². The summed E-state index contributed by atoms with van der Waals surface area (Å²) >= 11 is 0. The number of sulfonamides is 1. The van der Waals surface area contributed by atoms with Gasteiger partial charge in [-0.15, -0.1) is 0 Å². The topological polar surface area (TPSA) is 95.2 Å². The Hall–Kier alpha value is -1.93. The van der Waals surface area contributed by atoms with Gasteiger partial charge < -0.3 is 4.90 Å². The number of H-pyrrole nitrogens is 1. The summed E-state index contributed by atoms with van der Waals surface area (Å²) in [5.41, 5.74) is 0.509. The molecule has 0 atom stereocenters. The second-order valence-electron chi connectivity index (χ2n) is 5.56. The fourth-order valence-electron chi connectivity index (χ4n) is 2.74. The average Bonchev–Trinajstić information content (AvgIpc) is 2.46. The number of benzene rings is 1. The molecule has 0 bridgehead atoms. The third-order valence-corrected chi connectivity index (χ3v) is 4.54. The Kier molecular flexibility index (Phi) is 3.88. The van der Waals surface area contributed by atoms with Crippen LogP contribution in [0.2, 0.25) is 0 Å². The van der Waals surface area contributed by atoms with Gasteiger partial charge >= 0.3 is 0 Å². The Balaban J connectivity index is 1.78. The van der Waals surface area contributed by atoms with Gasteiger partial charge in [0.05, 0.1) is 17.2 Å². The molecule has 118 valence electrons. The van der Waals surface area contributed by atoms with Gasteiger partial charge in [-0.05, 0) is 25.0 Å². The van der Waals surface area contributed by atoms with Crippen LogP contribution in [0, 0.1) is 0 Å². The van der Waals surface area contributed by atoms with Crippen LogP contribution in [0.5, 0.6) is 0 Å². The van der Waals surface area contributed by atoms with Gasteiger partial charge in [0.2, 0.25) is 16.0 Å². The van der Waals surface area contributed by atoms with E-state index in [4.69, 9.17) is 0 Å². The Labute approximate surface area is 128 Å². The first-order valence-electron chi connectivity index (χ1n) is 7.14. The fraction of sp³-hybridized carbons (Fsp3) is 0.429. The minimum Gasteiger partial charge on any atom is -0.342 e. The highest BCUT2D eigenvalue weighted by Gasteiger charge is 2.23. The van der Waals surface area contributed by atoms with Crippen LogP contribution in [0.1, 0.15) is 12.8 Å². The molecule has 0 unspecified atom stereocenters. The molecule has 0 saturated carbocycles. The van der Waals surface area contributed by atoms with Crippen LogP contribution in [-0.4, -0.2) is 43.8 Å². The van der Waals surface area contributed by atoms with Gasteiger partial charge in [-0.3, -0.25) is 9.78 Å². The van der Waals surface area contributed by atoms with Crippen LogP contribution in [0.15, 0.2) is 29.1 Å². The second-order valence-corrected chi connectivity index (χ2v) is 7.34. The quantitative estimate of drug-likeness (QED) is 0.855. The maximum Gasteiger partial charge on any atom is 0.260 e. The number of anilines is 1. The maximum atomic E-state index is 12.1. The first-order chi connectivity index (χ1) is 10.4. The number of hydrogen-bond donors (Lipinski definition) is 2. The third-order valence-electron chi connectivity index (χ3n) is 3.78. The van der Waals surface area contributed by atoms with Crippen LogP contribution in [0.3, 0.4) is 0 Å². The lowest BCUT2D eigenvalue weighted by Gasteiger charge is -2.32. The number of aromatic nitrogens is 2. The molecule has 0 amide bonds. The van der Waals surface area contributed by atoms with Crippen LogP contribution < -0.4 is 15.2 Å². The molecule has 0 spiro atoms. The van der Waals surface area contributed by atoms with Gasteiger partial charge in [0.15, 0.2) is 0 Å². The maximum absolute atomic E-state index is 12.1. The molecule has 1 saturated heterocycles. The molecule has 1 aliphatic heterocycles. The predicted molar refractivity (Wildman–Crippen MR) is 85.6 cm³/mol. The lowest BCUT2D eigenvalue weighted by molar-refractivity contribution is 0.458. The van der Waals surface area contributed by atoms with E-state index in [1.165, 1.54) is 6.26 Å². The van der Waals surface area contributed by atoms with Gasteiger partial charge in [-0.2, -0.15) is 0 Å².